The number of thiazole rings is 1. The smallest absolute Gasteiger partial charge is 0.242 e. The lowest BCUT2D eigenvalue weighted by molar-refractivity contribution is -0.146. The van der Waals surface area contributed by atoms with E-state index in [1.165, 1.54) is 4.90 Å². The predicted molar refractivity (Wildman–Crippen MR) is 125 cm³/mol. The maximum absolute atomic E-state index is 13.6. The second kappa shape index (κ2) is 7.20. The lowest BCUT2D eigenvalue weighted by Gasteiger charge is -2.46. The van der Waals surface area contributed by atoms with Gasteiger partial charge in [-0.2, -0.15) is 0 Å². The summed E-state index contributed by atoms with van der Waals surface area (Å²) in [4.78, 5) is 46.8. The predicted octanol–water partition coefficient (Wildman–Crippen LogP) is 5.36. The van der Waals surface area contributed by atoms with Crippen molar-refractivity contribution >= 4 is 34.1 Å². The van der Waals surface area contributed by atoms with Gasteiger partial charge in [0.2, 0.25) is 17.6 Å². The topological polar surface area (TPSA) is 67.3 Å². The van der Waals surface area contributed by atoms with Crippen LogP contribution in [0.1, 0.15) is 48.8 Å². The molecule has 2 bridgehead atoms. The first kappa shape index (κ1) is 20.8. The summed E-state index contributed by atoms with van der Waals surface area (Å²) in [6.45, 7) is 5.98. The van der Waals surface area contributed by atoms with Crippen LogP contribution in [-0.4, -0.2) is 22.6 Å². The minimum Gasteiger partial charge on any atom is -0.288 e. The fraction of sp³-hybridized carbons (Fsp3) is 0.308. The summed E-state index contributed by atoms with van der Waals surface area (Å²) >= 11 is 1.13. The quantitative estimate of drug-likeness (QED) is 0.401. The van der Waals surface area contributed by atoms with Crippen molar-refractivity contribution in [3.8, 4) is 11.3 Å². The van der Waals surface area contributed by atoms with Gasteiger partial charge in [-0.25, -0.2) is 9.88 Å². The standard InChI is InChI=1S/C26H24N2O3S/c1-25(2)18-14-15-26(25,3)23(31)28(22(18)30)24-27-19(16-10-6-4-7-11-16)21(32-24)20(29)17-12-8-5-9-13-17/h4-13,18H,14-15H2,1-3H3. The highest BCUT2D eigenvalue weighted by atomic mass is 32.1. The molecule has 1 aliphatic carbocycles. The molecule has 3 aromatic rings. The molecular formula is C26H24N2O3S. The van der Waals surface area contributed by atoms with Crippen LogP contribution < -0.4 is 4.90 Å². The van der Waals surface area contributed by atoms with Crippen LogP contribution in [-0.2, 0) is 9.59 Å². The zero-order chi connectivity index (χ0) is 22.7. The Hall–Kier alpha value is -3.12. The van der Waals surface area contributed by atoms with E-state index in [-0.39, 0.29) is 28.6 Å². The van der Waals surface area contributed by atoms with Crippen molar-refractivity contribution in [3.05, 3.63) is 71.1 Å². The van der Waals surface area contributed by atoms with E-state index in [2.05, 4.69) is 0 Å². The van der Waals surface area contributed by atoms with Gasteiger partial charge >= 0.3 is 0 Å². The normalized spacial score (nSPS) is 24.1. The molecule has 6 heteroatoms. The SMILES string of the molecule is CC12CCC(C(=O)N(c3nc(-c4ccccc4)c(C(=O)c4ccccc4)s3)C1=O)C2(C)C. The molecule has 1 saturated carbocycles. The number of hydrogen-bond donors (Lipinski definition) is 0. The molecule has 2 fully saturated rings. The van der Waals surface area contributed by atoms with E-state index in [1.54, 1.807) is 12.1 Å². The molecule has 5 nitrogen and oxygen atoms in total. The Morgan fingerprint density at radius 2 is 1.62 bits per heavy atom. The Morgan fingerprint density at radius 1 is 1.00 bits per heavy atom. The minimum absolute atomic E-state index is 0.167. The second-order valence-corrected chi connectivity index (χ2v) is 10.3. The van der Waals surface area contributed by atoms with Crippen molar-refractivity contribution < 1.29 is 14.4 Å². The fourth-order valence-corrected chi connectivity index (χ4v) is 6.12. The summed E-state index contributed by atoms with van der Waals surface area (Å²) in [5, 5.41) is 0.284. The molecule has 162 valence electrons. The van der Waals surface area contributed by atoms with Crippen molar-refractivity contribution in [1.82, 2.24) is 4.98 Å². The Labute approximate surface area is 191 Å². The van der Waals surface area contributed by atoms with Crippen LogP contribution in [0, 0.1) is 16.7 Å². The summed E-state index contributed by atoms with van der Waals surface area (Å²) in [6, 6.07) is 18.4. The molecular weight excluding hydrogens is 420 g/mol. The number of aromatic nitrogens is 1. The van der Waals surface area contributed by atoms with Gasteiger partial charge in [-0.05, 0) is 18.3 Å². The van der Waals surface area contributed by atoms with E-state index in [0.29, 0.717) is 29.0 Å². The minimum atomic E-state index is -0.631. The van der Waals surface area contributed by atoms with Gasteiger partial charge in [-0.3, -0.25) is 14.4 Å². The Bertz CT molecular complexity index is 1230. The average Bonchev–Trinajstić information content (AvgIpc) is 3.30. The summed E-state index contributed by atoms with van der Waals surface area (Å²) in [5.74, 6) is -0.822. The Morgan fingerprint density at radius 3 is 2.28 bits per heavy atom. The number of anilines is 1. The van der Waals surface area contributed by atoms with Crippen LogP contribution in [0.3, 0.4) is 0 Å². The first-order valence-corrected chi connectivity index (χ1v) is 11.6. The maximum atomic E-state index is 13.6. The van der Waals surface area contributed by atoms with Crippen LogP contribution in [0.25, 0.3) is 11.3 Å². The largest absolute Gasteiger partial charge is 0.288 e. The van der Waals surface area contributed by atoms with E-state index >= 15 is 0 Å². The van der Waals surface area contributed by atoms with E-state index < -0.39 is 10.8 Å². The van der Waals surface area contributed by atoms with Crippen molar-refractivity contribution in [2.45, 2.75) is 33.6 Å². The molecule has 2 amide bonds. The number of amides is 2. The van der Waals surface area contributed by atoms with Gasteiger partial charge in [0.15, 0.2) is 5.13 Å². The Balaban J connectivity index is 1.65. The molecule has 0 spiro atoms. The molecule has 2 atom stereocenters. The van der Waals surface area contributed by atoms with Crippen LogP contribution in [0.2, 0.25) is 0 Å². The summed E-state index contributed by atoms with van der Waals surface area (Å²) in [5.41, 5.74) is 0.792. The number of nitrogens with zero attached hydrogens (tertiary/aromatic N) is 2. The molecule has 1 saturated heterocycles. The number of rotatable bonds is 4. The number of hydrogen-bond acceptors (Lipinski definition) is 5. The fourth-order valence-electron chi connectivity index (χ4n) is 5.07. The van der Waals surface area contributed by atoms with Crippen molar-refractivity contribution in [2.75, 3.05) is 4.90 Å². The summed E-state index contributed by atoms with van der Waals surface area (Å²) in [7, 11) is 0. The zero-order valence-electron chi connectivity index (χ0n) is 18.3. The zero-order valence-corrected chi connectivity index (χ0v) is 19.1. The highest BCUT2D eigenvalue weighted by Gasteiger charge is 2.65. The van der Waals surface area contributed by atoms with E-state index in [0.717, 1.165) is 16.9 Å². The number of fused-ring (bicyclic) bond motifs is 2. The van der Waals surface area contributed by atoms with Gasteiger partial charge < -0.3 is 0 Å². The molecule has 5 rings (SSSR count). The van der Waals surface area contributed by atoms with E-state index in [1.807, 2.05) is 69.3 Å². The van der Waals surface area contributed by atoms with E-state index in [4.69, 9.17) is 4.98 Å². The maximum Gasteiger partial charge on any atom is 0.242 e. The number of benzene rings is 2. The third-order valence-corrected chi connectivity index (χ3v) is 8.56. The number of carbonyl (C=O) groups excluding carboxylic acids is 3. The first-order valence-electron chi connectivity index (χ1n) is 10.8. The van der Waals surface area contributed by atoms with Gasteiger partial charge in [-0.15, -0.1) is 0 Å². The van der Waals surface area contributed by atoms with Crippen LogP contribution in [0.5, 0.6) is 0 Å². The number of imide groups is 1. The van der Waals surface area contributed by atoms with Gasteiger partial charge in [0.1, 0.15) is 4.88 Å². The third-order valence-electron chi connectivity index (χ3n) is 7.52. The third kappa shape index (κ3) is 2.82. The van der Waals surface area contributed by atoms with Crippen molar-refractivity contribution in [2.24, 2.45) is 16.7 Å². The summed E-state index contributed by atoms with van der Waals surface area (Å²) < 4.78 is 0. The van der Waals surface area contributed by atoms with E-state index in [9.17, 15) is 14.4 Å². The molecule has 1 aliphatic heterocycles. The molecule has 1 aromatic heterocycles. The molecule has 32 heavy (non-hydrogen) atoms. The lowest BCUT2D eigenvalue weighted by Crippen LogP contribution is -2.59. The van der Waals surface area contributed by atoms with Crippen molar-refractivity contribution in [1.29, 1.82) is 0 Å². The number of ketones is 1. The lowest BCUT2D eigenvalue weighted by atomic mass is 9.62. The van der Waals surface area contributed by atoms with Crippen LogP contribution in [0.15, 0.2) is 60.7 Å². The monoisotopic (exact) mass is 444 g/mol. The van der Waals surface area contributed by atoms with Crippen molar-refractivity contribution in [3.63, 3.8) is 0 Å². The average molecular weight is 445 g/mol. The number of piperidine rings is 1. The molecule has 0 N–H and O–H groups in total. The molecule has 2 heterocycles. The van der Waals surface area contributed by atoms with Gasteiger partial charge in [0.25, 0.3) is 0 Å². The highest BCUT2D eigenvalue weighted by molar-refractivity contribution is 7.18. The molecule has 2 unspecified atom stereocenters. The molecule has 0 radical (unpaired) electrons. The van der Waals surface area contributed by atoms with Crippen LogP contribution in [0.4, 0.5) is 5.13 Å². The molecule has 2 aliphatic rings. The van der Waals surface area contributed by atoms with Gasteiger partial charge in [0, 0.05) is 17.0 Å². The van der Waals surface area contributed by atoms with Crippen LogP contribution >= 0.6 is 11.3 Å². The summed E-state index contributed by atoms with van der Waals surface area (Å²) in [6.07, 6.45) is 1.37. The highest BCUT2D eigenvalue weighted by Crippen LogP contribution is 2.60. The van der Waals surface area contributed by atoms with Gasteiger partial charge in [0.05, 0.1) is 11.1 Å². The molecule has 2 aromatic carbocycles. The second-order valence-electron chi connectivity index (χ2n) is 9.36. The Kier molecular flexibility index (Phi) is 4.67. The number of carbonyl (C=O) groups is 3. The van der Waals surface area contributed by atoms with Gasteiger partial charge in [-0.1, -0.05) is 92.8 Å². The first-order chi connectivity index (χ1) is 15.3.